The summed E-state index contributed by atoms with van der Waals surface area (Å²) in [6, 6.07) is 15.2. The number of thiophene rings is 1. The summed E-state index contributed by atoms with van der Waals surface area (Å²) in [5, 5.41) is 6.24. The zero-order chi connectivity index (χ0) is 18.3. The van der Waals surface area contributed by atoms with Gasteiger partial charge in [0.25, 0.3) is 0 Å². The first kappa shape index (κ1) is 16.8. The molecule has 26 heavy (non-hydrogen) atoms. The molecule has 0 amide bonds. The van der Waals surface area contributed by atoms with E-state index in [4.69, 9.17) is 5.14 Å². The van der Waals surface area contributed by atoms with Gasteiger partial charge in [0, 0.05) is 33.8 Å². The largest absolute Gasteiger partial charge is 0.256 e. The molecule has 0 bridgehead atoms. The second kappa shape index (κ2) is 6.28. The van der Waals surface area contributed by atoms with Gasteiger partial charge in [0.05, 0.1) is 11.2 Å². The van der Waals surface area contributed by atoms with Crippen LogP contribution in [0.4, 0.5) is 0 Å². The highest BCUT2D eigenvalue weighted by molar-refractivity contribution is 7.91. The van der Waals surface area contributed by atoms with E-state index in [1.54, 1.807) is 18.5 Å². The molecule has 7 heteroatoms. The molecule has 4 aromatic rings. The summed E-state index contributed by atoms with van der Waals surface area (Å²) < 4.78 is 23.1. The van der Waals surface area contributed by atoms with E-state index in [-0.39, 0.29) is 4.21 Å². The number of hydrogen-bond acceptors (Lipinski definition) is 5. The van der Waals surface area contributed by atoms with Crippen LogP contribution in [0.5, 0.6) is 0 Å². The maximum Gasteiger partial charge on any atom is 0.247 e. The first-order chi connectivity index (χ1) is 12.4. The van der Waals surface area contributed by atoms with Gasteiger partial charge in [-0.05, 0) is 42.8 Å². The van der Waals surface area contributed by atoms with Crippen molar-refractivity contribution in [3.8, 4) is 21.7 Å². The number of pyridine rings is 2. The number of sulfonamides is 1. The quantitative estimate of drug-likeness (QED) is 0.581. The predicted molar refractivity (Wildman–Crippen MR) is 104 cm³/mol. The molecular weight excluding hydrogens is 366 g/mol. The van der Waals surface area contributed by atoms with Crippen LogP contribution < -0.4 is 5.14 Å². The van der Waals surface area contributed by atoms with Crippen LogP contribution in [-0.4, -0.2) is 18.4 Å². The summed E-state index contributed by atoms with van der Waals surface area (Å²) in [7, 11) is -3.68. The van der Waals surface area contributed by atoms with E-state index in [1.165, 1.54) is 6.07 Å². The van der Waals surface area contributed by atoms with Crippen molar-refractivity contribution in [2.24, 2.45) is 5.14 Å². The normalized spacial score (nSPS) is 11.8. The summed E-state index contributed by atoms with van der Waals surface area (Å²) in [4.78, 5) is 9.85. The van der Waals surface area contributed by atoms with Crippen LogP contribution in [0, 0.1) is 6.92 Å². The van der Waals surface area contributed by atoms with Gasteiger partial charge in [-0.3, -0.25) is 9.97 Å². The molecule has 0 aliphatic rings. The van der Waals surface area contributed by atoms with Gasteiger partial charge in [-0.15, -0.1) is 11.3 Å². The Morgan fingerprint density at radius 1 is 1.04 bits per heavy atom. The molecule has 2 N–H and O–H groups in total. The summed E-state index contributed by atoms with van der Waals surface area (Å²) in [5.41, 5.74) is 4.70. The highest BCUT2D eigenvalue weighted by Gasteiger charge is 2.14. The molecule has 0 aliphatic heterocycles. The van der Waals surface area contributed by atoms with Gasteiger partial charge in [0.15, 0.2) is 0 Å². The molecule has 4 rings (SSSR count). The molecule has 0 unspecified atom stereocenters. The summed E-state index contributed by atoms with van der Waals surface area (Å²) in [6.07, 6.45) is 3.54. The minimum absolute atomic E-state index is 0.148. The Labute approximate surface area is 155 Å². The fourth-order valence-corrected chi connectivity index (χ4v) is 4.63. The fourth-order valence-electron chi connectivity index (χ4n) is 2.92. The zero-order valence-electron chi connectivity index (χ0n) is 13.9. The lowest BCUT2D eigenvalue weighted by Crippen LogP contribution is -2.09. The molecule has 0 aliphatic carbocycles. The number of nitrogens with two attached hydrogens (primary N) is 1. The Balaban J connectivity index is 1.80. The summed E-state index contributed by atoms with van der Waals surface area (Å²) in [6.45, 7) is 2.00. The maximum absolute atomic E-state index is 11.5. The summed E-state index contributed by atoms with van der Waals surface area (Å²) in [5.74, 6) is 0. The van der Waals surface area contributed by atoms with Crippen LogP contribution >= 0.6 is 11.3 Å². The molecule has 0 fully saturated rings. The van der Waals surface area contributed by atoms with Gasteiger partial charge < -0.3 is 0 Å². The monoisotopic (exact) mass is 381 g/mol. The van der Waals surface area contributed by atoms with Crippen molar-refractivity contribution in [2.45, 2.75) is 11.1 Å². The van der Waals surface area contributed by atoms with E-state index in [9.17, 15) is 8.42 Å². The topological polar surface area (TPSA) is 85.9 Å². The zero-order valence-corrected chi connectivity index (χ0v) is 15.5. The maximum atomic E-state index is 11.5. The highest BCUT2D eigenvalue weighted by Crippen LogP contribution is 2.33. The number of para-hydroxylation sites is 1. The van der Waals surface area contributed by atoms with Gasteiger partial charge in [-0.25, -0.2) is 13.6 Å². The van der Waals surface area contributed by atoms with Gasteiger partial charge >= 0.3 is 0 Å². The number of benzene rings is 1. The van der Waals surface area contributed by atoms with Crippen molar-refractivity contribution in [3.05, 3.63) is 66.5 Å². The number of aromatic nitrogens is 2. The molecule has 0 saturated carbocycles. The Hall–Kier alpha value is -2.61. The Morgan fingerprint density at radius 3 is 2.58 bits per heavy atom. The van der Waals surface area contributed by atoms with E-state index in [2.05, 4.69) is 9.97 Å². The van der Waals surface area contributed by atoms with Crippen LogP contribution in [0.15, 0.2) is 65.1 Å². The van der Waals surface area contributed by atoms with Gasteiger partial charge in [-0.1, -0.05) is 18.2 Å². The van der Waals surface area contributed by atoms with E-state index in [1.807, 2.05) is 43.3 Å². The van der Waals surface area contributed by atoms with E-state index < -0.39 is 10.0 Å². The smallest absolute Gasteiger partial charge is 0.247 e. The first-order valence-corrected chi connectivity index (χ1v) is 10.2. The lowest BCUT2D eigenvalue weighted by atomic mass is 10.0. The molecule has 5 nitrogen and oxygen atoms in total. The molecule has 0 atom stereocenters. The van der Waals surface area contributed by atoms with Crippen molar-refractivity contribution in [1.29, 1.82) is 0 Å². The summed E-state index contributed by atoms with van der Waals surface area (Å²) >= 11 is 1.14. The Bertz CT molecular complexity index is 1230. The third kappa shape index (κ3) is 3.01. The number of rotatable bonds is 3. The molecule has 130 valence electrons. The third-order valence-electron chi connectivity index (χ3n) is 4.13. The second-order valence-corrected chi connectivity index (χ2v) is 8.80. The average molecular weight is 381 g/mol. The lowest BCUT2D eigenvalue weighted by Gasteiger charge is -2.09. The van der Waals surface area contributed by atoms with Gasteiger partial charge in [0.1, 0.15) is 4.21 Å². The van der Waals surface area contributed by atoms with Crippen molar-refractivity contribution in [2.75, 3.05) is 0 Å². The van der Waals surface area contributed by atoms with Crippen LogP contribution in [0.1, 0.15) is 5.56 Å². The predicted octanol–water partition coefficient (Wildman–Crippen LogP) is 3.98. The van der Waals surface area contributed by atoms with Crippen LogP contribution in [0.3, 0.4) is 0 Å². The van der Waals surface area contributed by atoms with Crippen molar-refractivity contribution >= 4 is 32.3 Å². The van der Waals surface area contributed by atoms with Gasteiger partial charge in [0.2, 0.25) is 10.0 Å². The van der Waals surface area contributed by atoms with E-state index >= 15 is 0 Å². The van der Waals surface area contributed by atoms with Crippen molar-refractivity contribution < 1.29 is 8.42 Å². The second-order valence-electron chi connectivity index (χ2n) is 5.93. The number of nitrogens with zero attached hydrogens (tertiary/aromatic N) is 2. The number of primary sulfonamides is 1. The van der Waals surface area contributed by atoms with E-state index in [0.29, 0.717) is 0 Å². The highest BCUT2D eigenvalue weighted by atomic mass is 32.2. The first-order valence-electron chi connectivity index (χ1n) is 7.87. The van der Waals surface area contributed by atoms with E-state index in [0.717, 1.165) is 49.5 Å². The number of fused-ring (bicyclic) bond motifs is 1. The molecular formula is C19H15N3O2S2. The van der Waals surface area contributed by atoms with Crippen LogP contribution in [-0.2, 0) is 10.0 Å². The minimum Gasteiger partial charge on any atom is -0.256 e. The molecule has 0 saturated heterocycles. The average Bonchev–Trinajstić information content (AvgIpc) is 3.12. The fraction of sp³-hybridized carbons (Fsp3) is 0.0526. The Morgan fingerprint density at radius 2 is 1.85 bits per heavy atom. The van der Waals surface area contributed by atoms with Crippen LogP contribution in [0.2, 0.25) is 0 Å². The SMILES string of the molecule is Cc1cc(-c2ccc(S(N)(=O)=O)s2)cnc1-c1ccnc2ccccc12. The Kier molecular flexibility index (Phi) is 4.07. The standard InChI is InChI=1S/C19H15N3O2S2/c1-12-10-13(17-6-7-18(25-17)26(20,23)24)11-22-19(12)15-8-9-21-16-5-3-2-4-14(15)16/h2-11H,1H3,(H2,20,23,24). The van der Waals surface area contributed by atoms with Gasteiger partial charge in [-0.2, -0.15) is 0 Å². The van der Waals surface area contributed by atoms with Crippen molar-refractivity contribution in [3.63, 3.8) is 0 Å². The molecule has 3 aromatic heterocycles. The molecule has 3 heterocycles. The van der Waals surface area contributed by atoms with Crippen LogP contribution in [0.25, 0.3) is 32.6 Å². The third-order valence-corrected chi connectivity index (χ3v) is 6.70. The number of hydrogen-bond donors (Lipinski definition) is 1. The minimum atomic E-state index is -3.68. The molecule has 0 spiro atoms. The lowest BCUT2D eigenvalue weighted by molar-refractivity contribution is 0.600. The molecule has 0 radical (unpaired) electrons. The number of aryl methyl sites for hydroxylation is 1. The molecule has 1 aromatic carbocycles. The van der Waals surface area contributed by atoms with Crippen molar-refractivity contribution in [1.82, 2.24) is 9.97 Å².